The first-order valence-electron chi connectivity index (χ1n) is 7.00. The Morgan fingerprint density at radius 3 is 2.29 bits per heavy atom. The number of nitrogens with zero attached hydrogens (tertiary/aromatic N) is 2. The van der Waals surface area contributed by atoms with Gasteiger partial charge in [-0.1, -0.05) is 36.4 Å². The van der Waals surface area contributed by atoms with E-state index in [0.717, 1.165) is 0 Å². The van der Waals surface area contributed by atoms with E-state index in [-0.39, 0.29) is 22.5 Å². The van der Waals surface area contributed by atoms with Crippen LogP contribution in [0.5, 0.6) is 5.75 Å². The molecule has 24 heavy (non-hydrogen) atoms. The standard InChI is InChI=1S/C17H12F3N3O/c18-17(19,20)21-13-10-9-11-5-4-8-14(24)15(11)16(13)23-22-12-6-2-1-3-7-12/h1-10,21,24H. The molecule has 0 amide bonds. The van der Waals surface area contributed by atoms with E-state index in [1.54, 1.807) is 42.5 Å². The number of hydrogen-bond acceptors (Lipinski definition) is 4. The topological polar surface area (TPSA) is 57.0 Å². The Hall–Kier alpha value is -3.09. The molecular weight excluding hydrogens is 319 g/mol. The third-order valence-corrected chi connectivity index (χ3v) is 3.29. The molecule has 0 fully saturated rings. The van der Waals surface area contributed by atoms with Crippen LogP contribution >= 0.6 is 0 Å². The number of nitrogens with one attached hydrogen (secondary N) is 1. The number of phenols is 1. The summed E-state index contributed by atoms with van der Waals surface area (Å²) in [7, 11) is 0. The highest BCUT2D eigenvalue weighted by atomic mass is 19.4. The number of anilines is 1. The van der Waals surface area contributed by atoms with E-state index in [0.29, 0.717) is 11.1 Å². The lowest BCUT2D eigenvalue weighted by atomic mass is 10.1. The molecule has 0 aliphatic carbocycles. The van der Waals surface area contributed by atoms with Gasteiger partial charge in [-0.05, 0) is 29.7 Å². The Labute approximate surface area is 135 Å². The summed E-state index contributed by atoms with van der Waals surface area (Å²) in [5.74, 6) is -0.166. The molecule has 3 aromatic rings. The van der Waals surface area contributed by atoms with Crippen molar-refractivity contribution in [1.29, 1.82) is 0 Å². The minimum Gasteiger partial charge on any atom is -0.507 e. The minimum absolute atomic E-state index is 0.0771. The van der Waals surface area contributed by atoms with E-state index in [9.17, 15) is 18.3 Å². The van der Waals surface area contributed by atoms with Gasteiger partial charge in [0.05, 0.1) is 16.8 Å². The van der Waals surface area contributed by atoms with Gasteiger partial charge in [0.1, 0.15) is 11.4 Å². The van der Waals surface area contributed by atoms with Crippen LogP contribution in [0, 0.1) is 0 Å². The first-order chi connectivity index (χ1) is 11.4. The summed E-state index contributed by atoms with van der Waals surface area (Å²) in [6, 6.07) is 16.0. The summed E-state index contributed by atoms with van der Waals surface area (Å²) < 4.78 is 38.2. The maximum atomic E-state index is 12.7. The summed E-state index contributed by atoms with van der Waals surface area (Å²) >= 11 is 0. The van der Waals surface area contributed by atoms with Gasteiger partial charge in [0, 0.05) is 0 Å². The first-order valence-corrected chi connectivity index (χ1v) is 7.00. The van der Waals surface area contributed by atoms with Gasteiger partial charge in [-0.3, -0.25) is 5.32 Å². The molecule has 7 heteroatoms. The highest BCUT2D eigenvalue weighted by molar-refractivity contribution is 6.02. The van der Waals surface area contributed by atoms with Crippen molar-refractivity contribution in [1.82, 2.24) is 0 Å². The second kappa shape index (κ2) is 6.19. The van der Waals surface area contributed by atoms with Crippen LogP contribution in [0.25, 0.3) is 10.8 Å². The van der Waals surface area contributed by atoms with Crippen molar-refractivity contribution in [3.8, 4) is 5.75 Å². The van der Waals surface area contributed by atoms with Crippen LogP contribution in [-0.2, 0) is 0 Å². The second-order valence-electron chi connectivity index (χ2n) is 5.00. The van der Waals surface area contributed by atoms with Crippen molar-refractivity contribution in [3.63, 3.8) is 0 Å². The fraction of sp³-hybridized carbons (Fsp3) is 0.0588. The van der Waals surface area contributed by atoms with Gasteiger partial charge in [0.25, 0.3) is 0 Å². The zero-order valence-corrected chi connectivity index (χ0v) is 12.2. The number of alkyl halides is 3. The van der Waals surface area contributed by atoms with Gasteiger partial charge >= 0.3 is 6.30 Å². The van der Waals surface area contributed by atoms with Crippen LogP contribution in [0.3, 0.4) is 0 Å². The Kier molecular flexibility index (Phi) is 4.07. The van der Waals surface area contributed by atoms with E-state index in [4.69, 9.17) is 0 Å². The van der Waals surface area contributed by atoms with Gasteiger partial charge in [-0.2, -0.15) is 18.3 Å². The molecule has 0 aliphatic heterocycles. The SMILES string of the molecule is Oc1cccc2ccc(NC(F)(F)F)c(N=Nc3ccccc3)c12. The maximum Gasteiger partial charge on any atom is 0.482 e. The average Bonchev–Trinajstić information content (AvgIpc) is 2.54. The van der Waals surface area contributed by atoms with Crippen LogP contribution < -0.4 is 5.32 Å². The summed E-state index contributed by atoms with van der Waals surface area (Å²) in [5.41, 5.74) is 0.130. The number of aromatic hydroxyl groups is 1. The number of azo groups is 1. The Morgan fingerprint density at radius 2 is 1.58 bits per heavy atom. The number of halogens is 3. The summed E-state index contributed by atoms with van der Waals surface area (Å²) in [6.07, 6.45) is -4.63. The Bertz CT molecular complexity index is 893. The van der Waals surface area contributed by atoms with E-state index in [2.05, 4.69) is 10.2 Å². The molecule has 0 atom stereocenters. The summed E-state index contributed by atoms with van der Waals surface area (Å²) in [5, 5.41) is 20.2. The van der Waals surface area contributed by atoms with Crippen molar-refractivity contribution in [2.24, 2.45) is 10.2 Å². The van der Waals surface area contributed by atoms with Gasteiger partial charge in [-0.25, -0.2) is 0 Å². The molecule has 0 saturated carbocycles. The van der Waals surface area contributed by atoms with Crippen molar-refractivity contribution < 1.29 is 18.3 Å². The first kappa shape index (κ1) is 15.8. The van der Waals surface area contributed by atoms with Gasteiger partial charge in [0.2, 0.25) is 0 Å². The molecular formula is C17H12F3N3O. The lowest BCUT2D eigenvalue weighted by Crippen LogP contribution is -2.20. The van der Waals surface area contributed by atoms with Crippen molar-refractivity contribution in [2.75, 3.05) is 5.32 Å². The Morgan fingerprint density at radius 1 is 0.833 bits per heavy atom. The molecule has 122 valence electrons. The molecule has 0 heterocycles. The number of hydrogen-bond donors (Lipinski definition) is 2. The van der Waals surface area contributed by atoms with E-state index < -0.39 is 6.30 Å². The molecule has 0 unspecified atom stereocenters. The largest absolute Gasteiger partial charge is 0.507 e. The molecule has 0 spiro atoms. The fourth-order valence-electron chi connectivity index (χ4n) is 2.30. The Balaban J connectivity index is 2.17. The van der Waals surface area contributed by atoms with E-state index >= 15 is 0 Å². The van der Waals surface area contributed by atoms with Crippen LogP contribution in [0.4, 0.5) is 30.2 Å². The van der Waals surface area contributed by atoms with Gasteiger partial charge in [-0.15, -0.1) is 5.11 Å². The van der Waals surface area contributed by atoms with Crippen LogP contribution in [0.1, 0.15) is 0 Å². The molecule has 0 radical (unpaired) electrons. The van der Waals surface area contributed by atoms with Crippen LogP contribution in [0.2, 0.25) is 0 Å². The van der Waals surface area contributed by atoms with Crippen molar-refractivity contribution >= 4 is 27.8 Å². The van der Waals surface area contributed by atoms with Crippen molar-refractivity contribution in [2.45, 2.75) is 6.30 Å². The number of rotatable bonds is 3. The number of phenolic OH excluding ortho intramolecular Hbond substituents is 1. The smallest absolute Gasteiger partial charge is 0.482 e. The lowest BCUT2D eigenvalue weighted by molar-refractivity contribution is -0.0998. The zero-order valence-electron chi connectivity index (χ0n) is 12.2. The quantitative estimate of drug-likeness (QED) is 0.464. The number of fused-ring (bicyclic) bond motifs is 1. The van der Waals surface area contributed by atoms with Crippen LogP contribution in [0.15, 0.2) is 70.9 Å². The zero-order chi connectivity index (χ0) is 17.2. The van der Waals surface area contributed by atoms with Gasteiger partial charge < -0.3 is 5.11 Å². The third-order valence-electron chi connectivity index (χ3n) is 3.29. The molecule has 0 aliphatic rings. The highest BCUT2D eigenvalue weighted by Gasteiger charge is 2.29. The molecule has 3 aromatic carbocycles. The monoisotopic (exact) mass is 331 g/mol. The average molecular weight is 331 g/mol. The minimum atomic E-state index is -4.63. The summed E-state index contributed by atoms with van der Waals surface area (Å²) in [6.45, 7) is 0. The van der Waals surface area contributed by atoms with E-state index in [1.807, 2.05) is 0 Å². The molecule has 0 saturated heterocycles. The van der Waals surface area contributed by atoms with E-state index in [1.165, 1.54) is 23.5 Å². The molecule has 0 aromatic heterocycles. The maximum absolute atomic E-state index is 12.7. The summed E-state index contributed by atoms with van der Waals surface area (Å²) in [4.78, 5) is 0. The molecule has 4 nitrogen and oxygen atoms in total. The normalized spacial score (nSPS) is 12.0. The lowest BCUT2D eigenvalue weighted by Gasteiger charge is -2.14. The predicted octanol–water partition coefficient (Wildman–Crippen LogP) is 5.89. The highest BCUT2D eigenvalue weighted by Crippen LogP contribution is 2.41. The molecule has 0 bridgehead atoms. The molecule has 2 N–H and O–H groups in total. The predicted molar refractivity (Wildman–Crippen MR) is 85.9 cm³/mol. The fourth-order valence-corrected chi connectivity index (χ4v) is 2.30. The second-order valence-corrected chi connectivity index (χ2v) is 5.00. The third kappa shape index (κ3) is 3.45. The van der Waals surface area contributed by atoms with Crippen LogP contribution in [-0.4, -0.2) is 11.4 Å². The van der Waals surface area contributed by atoms with Crippen molar-refractivity contribution in [3.05, 3.63) is 60.7 Å². The number of benzene rings is 3. The molecule has 3 rings (SSSR count). The van der Waals surface area contributed by atoms with Gasteiger partial charge in [0.15, 0.2) is 0 Å².